The van der Waals surface area contributed by atoms with Crippen molar-refractivity contribution in [3.63, 3.8) is 0 Å². The largest absolute Gasteiger partial charge is 0.394 e. The second-order valence-corrected chi connectivity index (χ2v) is 14.6. The van der Waals surface area contributed by atoms with E-state index in [1.807, 2.05) is 0 Å². The highest BCUT2D eigenvalue weighted by Gasteiger charge is 2.62. The Morgan fingerprint density at radius 3 is 1.53 bits per heavy atom. The molecular formula is C39H34O9S. The summed E-state index contributed by atoms with van der Waals surface area (Å²) in [4.78, 5) is 0. The minimum absolute atomic E-state index is 0.793. The Morgan fingerprint density at radius 2 is 1.10 bits per heavy atom. The maximum absolute atomic E-state index is 11.4. The Bertz CT molecular complexity index is 2490. The van der Waals surface area contributed by atoms with Crippen molar-refractivity contribution in [1.82, 2.24) is 0 Å². The van der Waals surface area contributed by atoms with Crippen molar-refractivity contribution in [2.45, 2.75) is 49.5 Å². The fourth-order valence-electron chi connectivity index (χ4n) is 7.63. The number of aliphatic hydroxyl groups is 4. The third-order valence-corrected chi connectivity index (χ3v) is 10.9. The lowest BCUT2D eigenvalue weighted by Gasteiger charge is -2.46. The fraction of sp³-hybridized carbons (Fsp3) is 0.231. The molecule has 0 saturated carbocycles. The molecule has 1 saturated heterocycles. The predicted molar refractivity (Wildman–Crippen MR) is 192 cm³/mol. The van der Waals surface area contributed by atoms with Crippen LogP contribution in [-0.4, -0.2) is 75.6 Å². The molecule has 0 spiro atoms. The van der Waals surface area contributed by atoms with Gasteiger partial charge in [0.05, 0.1) is 12.7 Å². The molecule has 0 bridgehead atoms. The topological polar surface area (TPSA) is 154 Å². The first kappa shape index (κ1) is 32.0. The number of aliphatic hydroxyl groups excluding tert-OH is 4. The SMILES string of the molecule is CC(C)O[C@]1(S(=O)(=O)O)O[C@H](CO)[C@H](O)[C@H](O)[C@H]1O.c1ccc2c(c1)cc1ccc3cc4c5ccccc5cc5ccc6cc2c1c3c6c54. The Morgan fingerprint density at radius 1 is 0.653 bits per heavy atom. The minimum Gasteiger partial charge on any atom is -0.394 e. The molecule has 0 aliphatic carbocycles. The normalized spacial score (nSPS) is 23.5. The third kappa shape index (κ3) is 4.75. The van der Waals surface area contributed by atoms with Gasteiger partial charge >= 0.3 is 15.2 Å². The van der Waals surface area contributed by atoms with Gasteiger partial charge < -0.3 is 29.9 Å². The van der Waals surface area contributed by atoms with Crippen LogP contribution in [0, 0.1) is 0 Å². The van der Waals surface area contributed by atoms with Crippen molar-refractivity contribution in [3.8, 4) is 0 Å². The summed E-state index contributed by atoms with van der Waals surface area (Å²) < 4.78 is 41.8. The van der Waals surface area contributed by atoms with E-state index in [0.29, 0.717) is 0 Å². The van der Waals surface area contributed by atoms with E-state index in [1.54, 1.807) is 0 Å². The van der Waals surface area contributed by atoms with Crippen molar-refractivity contribution in [2.24, 2.45) is 0 Å². The van der Waals surface area contributed by atoms with E-state index in [9.17, 15) is 28.3 Å². The molecule has 0 aromatic heterocycles. The van der Waals surface area contributed by atoms with Crippen LogP contribution >= 0.6 is 0 Å². The van der Waals surface area contributed by atoms with Crippen LogP contribution in [0.2, 0.25) is 0 Å². The quantitative estimate of drug-likeness (QED) is 0.0849. The van der Waals surface area contributed by atoms with Crippen LogP contribution in [0.3, 0.4) is 0 Å². The smallest absolute Gasteiger partial charge is 0.330 e. The van der Waals surface area contributed by atoms with Crippen LogP contribution in [-0.2, 0) is 19.6 Å². The summed E-state index contributed by atoms with van der Waals surface area (Å²) in [6.45, 7) is 1.98. The van der Waals surface area contributed by atoms with Crippen molar-refractivity contribution in [1.29, 1.82) is 0 Å². The van der Waals surface area contributed by atoms with Gasteiger partial charge in [0.25, 0.3) is 0 Å². The summed E-state index contributed by atoms with van der Waals surface area (Å²) in [6.07, 6.45) is -8.29. The van der Waals surface area contributed by atoms with E-state index in [-0.39, 0.29) is 0 Å². The van der Waals surface area contributed by atoms with Crippen molar-refractivity contribution in [3.05, 3.63) is 97.1 Å². The van der Waals surface area contributed by atoms with Crippen LogP contribution in [0.15, 0.2) is 97.1 Å². The first-order valence-corrected chi connectivity index (χ1v) is 17.5. The monoisotopic (exact) mass is 678 g/mol. The molecule has 49 heavy (non-hydrogen) atoms. The first-order valence-electron chi connectivity index (χ1n) is 16.1. The van der Waals surface area contributed by atoms with Crippen LogP contribution < -0.4 is 0 Å². The summed E-state index contributed by atoms with van der Waals surface area (Å²) in [5.41, 5.74) is 0. The summed E-state index contributed by atoms with van der Waals surface area (Å²) in [6, 6.07) is 36.3. The fourth-order valence-corrected chi connectivity index (χ4v) is 8.64. The molecule has 9 rings (SSSR count). The first-order chi connectivity index (χ1) is 23.4. The molecule has 1 aliphatic rings. The summed E-state index contributed by atoms with van der Waals surface area (Å²) in [5.74, 6) is 0. The maximum Gasteiger partial charge on any atom is 0.330 e. The molecule has 1 heterocycles. The number of benzene rings is 8. The third-order valence-electron chi connectivity index (χ3n) is 9.72. The number of ether oxygens (including phenoxy) is 2. The van der Waals surface area contributed by atoms with Gasteiger partial charge in [-0.25, -0.2) is 0 Å². The Hall–Kier alpha value is -4.23. The highest BCUT2D eigenvalue weighted by Crippen LogP contribution is 2.46. The van der Waals surface area contributed by atoms with Gasteiger partial charge in [0.1, 0.15) is 18.3 Å². The van der Waals surface area contributed by atoms with E-state index in [0.717, 1.165) is 0 Å². The van der Waals surface area contributed by atoms with Crippen LogP contribution in [0.25, 0.3) is 75.4 Å². The molecule has 9 nitrogen and oxygen atoms in total. The molecule has 1 aliphatic heterocycles. The second-order valence-electron chi connectivity index (χ2n) is 13.1. The zero-order valence-electron chi connectivity index (χ0n) is 26.6. The Kier molecular flexibility index (Phi) is 7.45. The molecule has 5 atom stereocenters. The standard InChI is InChI=1S/C30H16.C9H18O9S/c1-3-7-23-17(5-1)13-19-9-11-22-16-26-24-8-4-2-6-18(24)14-20-10-12-21-15-25(23)27(19)29(22)30(21)28(20)26;1-4(2)17-9(19(14,15)16)8(13)7(12)6(11)5(3-10)18-9/h1-16H;4-8,10-13H,3H2,1-2H3,(H,14,15,16)/t;5-,6+,7+,8-,9+/m.1/s1. The molecule has 1 fully saturated rings. The van der Waals surface area contributed by atoms with Crippen LogP contribution in [0.1, 0.15) is 13.8 Å². The van der Waals surface area contributed by atoms with E-state index in [2.05, 4.69) is 97.1 Å². The van der Waals surface area contributed by atoms with Crippen LogP contribution in [0.4, 0.5) is 0 Å². The second kappa shape index (κ2) is 11.4. The molecule has 8 aromatic carbocycles. The van der Waals surface area contributed by atoms with Crippen molar-refractivity contribution >= 4 is 85.5 Å². The molecule has 0 radical (unpaired) electrons. The average Bonchev–Trinajstić information content (AvgIpc) is 3.09. The predicted octanol–water partition coefficient (Wildman–Crippen LogP) is 6.06. The lowest BCUT2D eigenvalue weighted by atomic mass is 9.84. The molecule has 250 valence electrons. The van der Waals surface area contributed by atoms with Gasteiger partial charge in [-0.05, 0) is 114 Å². The average molecular weight is 679 g/mol. The van der Waals surface area contributed by atoms with Crippen molar-refractivity contribution in [2.75, 3.05) is 6.61 Å². The molecule has 8 aromatic rings. The van der Waals surface area contributed by atoms with Crippen LogP contribution in [0.5, 0.6) is 0 Å². The van der Waals surface area contributed by atoms with Gasteiger partial charge in [0.15, 0.2) is 6.10 Å². The number of rotatable bonds is 4. The van der Waals surface area contributed by atoms with E-state index < -0.39 is 52.4 Å². The molecular weight excluding hydrogens is 644 g/mol. The van der Waals surface area contributed by atoms with Gasteiger partial charge in [0, 0.05) is 0 Å². The Balaban J connectivity index is 0.000000161. The highest BCUT2D eigenvalue weighted by atomic mass is 32.2. The summed E-state index contributed by atoms with van der Waals surface area (Å²) >= 11 is 0. The van der Waals surface area contributed by atoms with Gasteiger partial charge in [-0.1, -0.05) is 72.8 Å². The maximum atomic E-state index is 11.4. The van der Waals surface area contributed by atoms with Gasteiger partial charge in [-0.3, -0.25) is 4.55 Å². The number of hydrogen-bond acceptors (Lipinski definition) is 8. The Labute approximate surface area is 280 Å². The van der Waals surface area contributed by atoms with Gasteiger partial charge in [-0.2, -0.15) is 8.42 Å². The molecule has 10 heteroatoms. The number of hydrogen-bond donors (Lipinski definition) is 5. The molecule has 0 unspecified atom stereocenters. The zero-order valence-corrected chi connectivity index (χ0v) is 27.4. The van der Waals surface area contributed by atoms with Crippen molar-refractivity contribution < 1.29 is 42.9 Å². The zero-order chi connectivity index (χ0) is 34.4. The molecule has 0 amide bonds. The molecule has 5 N–H and O–H groups in total. The lowest BCUT2D eigenvalue weighted by Crippen LogP contribution is -2.69. The van der Waals surface area contributed by atoms with E-state index >= 15 is 0 Å². The highest BCUT2D eigenvalue weighted by molar-refractivity contribution is 7.87. The number of fused-ring (bicyclic) bond motifs is 4. The van der Waals surface area contributed by atoms with E-state index in [1.165, 1.54) is 89.3 Å². The minimum atomic E-state index is -5.11. The summed E-state index contributed by atoms with van der Waals surface area (Å²) in [5, 5.41) is 53.9. The summed E-state index contributed by atoms with van der Waals surface area (Å²) in [7, 11) is -5.11. The lowest BCUT2D eigenvalue weighted by molar-refractivity contribution is -0.333. The van der Waals surface area contributed by atoms with E-state index in [4.69, 9.17) is 14.6 Å². The van der Waals surface area contributed by atoms with Gasteiger partial charge in [-0.15, -0.1) is 0 Å². The van der Waals surface area contributed by atoms with Gasteiger partial charge in [0.2, 0.25) is 0 Å².